The topological polar surface area (TPSA) is 126 Å². The molecule has 3 rings (SSSR count). The number of cyclic esters (lactones) is 1. The van der Waals surface area contributed by atoms with Gasteiger partial charge in [0.2, 0.25) is 0 Å². The lowest BCUT2D eigenvalue weighted by molar-refractivity contribution is -0.139. The van der Waals surface area contributed by atoms with Crippen molar-refractivity contribution >= 4 is 5.97 Å². The second-order valence-corrected chi connectivity index (χ2v) is 14.2. The molecule has 0 aromatic heterocycles. The Morgan fingerprint density at radius 2 is 1.07 bits per heavy atom. The van der Waals surface area contributed by atoms with Crippen LogP contribution >= 0.6 is 0 Å². The Labute approximate surface area is 273 Å². The normalized spacial score (nSPS) is 29.7. The van der Waals surface area contributed by atoms with Gasteiger partial charge in [-0.1, -0.05) is 116 Å². The maximum atomic E-state index is 11.6. The van der Waals surface area contributed by atoms with Crippen LogP contribution in [0, 0.1) is 0 Å². The summed E-state index contributed by atoms with van der Waals surface area (Å²) in [5.41, 5.74) is 0.846. The van der Waals surface area contributed by atoms with Crippen LogP contribution in [0.2, 0.25) is 0 Å². The summed E-state index contributed by atoms with van der Waals surface area (Å²) >= 11 is 0. The molecular formula is C37H66O8. The highest BCUT2D eigenvalue weighted by Crippen LogP contribution is 2.35. The van der Waals surface area contributed by atoms with Crippen LogP contribution in [0.25, 0.3) is 0 Å². The Hall–Kier alpha value is -1.03. The first-order valence-corrected chi connectivity index (χ1v) is 18.7. The molecule has 262 valence electrons. The minimum absolute atomic E-state index is 0.0671. The summed E-state index contributed by atoms with van der Waals surface area (Å²) in [5.74, 6) is -0.139. The lowest BCUT2D eigenvalue weighted by Gasteiger charge is -2.26. The Balaban J connectivity index is 1.18. The van der Waals surface area contributed by atoms with Crippen molar-refractivity contribution in [2.45, 2.75) is 216 Å². The van der Waals surface area contributed by atoms with Gasteiger partial charge in [-0.2, -0.15) is 0 Å². The molecular weight excluding hydrogens is 572 g/mol. The van der Waals surface area contributed by atoms with E-state index in [0.717, 1.165) is 56.9 Å². The van der Waals surface area contributed by atoms with Crippen molar-refractivity contribution < 1.29 is 39.4 Å². The first-order chi connectivity index (χ1) is 21.8. The molecule has 8 heteroatoms. The van der Waals surface area contributed by atoms with Crippen LogP contribution in [-0.2, 0) is 19.0 Å². The number of hydrogen-bond donors (Lipinski definition) is 4. The summed E-state index contributed by atoms with van der Waals surface area (Å²) in [6.07, 6.45) is 20.7. The van der Waals surface area contributed by atoms with Gasteiger partial charge in [0, 0.05) is 18.4 Å². The Kier molecular flexibility index (Phi) is 18.6. The fourth-order valence-corrected chi connectivity index (χ4v) is 7.29. The van der Waals surface area contributed by atoms with Crippen molar-refractivity contribution in [3.8, 4) is 0 Å². The molecule has 2 fully saturated rings. The van der Waals surface area contributed by atoms with Crippen molar-refractivity contribution in [2.75, 3.05) is 0 Å². The summed E-state index contributed by atoms with van der Waals surface area (Å²) in [5, 5.41) is 42.9. The van der Waals surface area contributed by atoms with E-state index in [1.54, 1.807) is 0 Å². The molecule has 0 aliphatic carbocycles. The molecule has 0 radical (unpaired) electrons. The molecule has 3 heterocycles. The number of esters is 1. The summed E-state index contributed by atoms with van der Waals surface area (Å²) in [6.45, 7) is 4.13. The average molecular weight is 639 g/mol. The lowest BCUT2D eigenvalue weighted by atomic mass is 9.98. The highest BCUT2D eigenvalue weighted by Gasteiger charge is 2.49. The van der Waals surface area contributed by atoms with Gasteiger partial charge < -0.3 is 34.6 Å². The monoisotopic (exact) mass is 638 g/mol. The molecule has 0 unspecified atom stereocenters. The maximum Gasteiger partial charge on any atom is 0.334 e. The van der Waals surface area contributed by atoms with E-state index in [4.69, 9.17) is 14.2 Å². The molecule has 9 atom stereocenters. The molecule has 2 saturated heterocycles. The van der Waals surface area contributed by atoms with Crippen LogP contribution in [0.5, 0.6) is 0 Å². The number of carbonyl (C=O) groups is 1. The third kappa shape index (κ3) is 13.9. The van der Waals surface area contributed by atoms with Gasteiger partial charge in [0.15, 0.2) is 0 Å². The van der Waals surface area contributed by atoms with Gasteiger partial charge >= 0.3 is 5.97 Å². The number of rotatable bonds is 25. The Morgan fingerprint density at radius 3 is 1.47 bits per heavy atom. The van der Waals surface area contributed by atoms with Crippen molar-refractivity contribution in [1.82, 2.24) is 0 Å². The third-order valence-electron chi connectivity index (χ3n) is 10.1. The second-order valence-electron chi connectivity index (χ2n) is 14.2. The van der Waals surface area contributed by atoms with E-state index >= 15 is 0 Å². The van der Waals surface area contributed by atoms with E-state index < -0.39 is 48.8 Å². The predicted molar refractivity (Wildman–Crippen MR) is 177 cm³/mol. The molecule has 0 saturated carbocycles. The Morgan fingerprint density at radius 1 is 0.667 bits per heavy atom. The van der Waals surface area contributed by atoms with Crippen LogP contribution in [0.1, 0.15) is 162 Å². The molecule has 0 amide bonds. The van der Waals surface area contributed by atoms with Crippen molar-refractivity contribution in [3.05, 3.63) is 11.6 Å². The zero-order chi connectivity index (χ0) is 32.4. The van der Waals surface area contributed by atoms with Crippen LogP contribution in [0.4, 0.5) is 0 Å². The predicted octanol–water partition coefficient (Wildman–Crippen LogP) is 6.83. The highest BCUT2D eigenvalue weighted by molar-refractivity contribution is 5.90. The minimum Gasteiger partial charge on any atom is -0.455 e. The van der Waals surface area contributed by atoms with Gasteiger partial charge in [-0.15, -0.1) is 0 Å². The zero-order valence-corrected chi connectivity index (χ0v) is 28.5. The summed E-state index contributed by atoms with van der Waals surface area (Å²) in [7, 11) is 0. The van der Waals surface area contributed by atoms with Crippen molar-refractivity contribution in [2.24, 2.45) is 0 Å². The Bertz CT molecular complexity index is 833. The van der Waals surface area contributed by atoms with Gasteiger partial charge in [-0.05, 0) is 38.7 Å². The molecule has 0 aromatic carbocycles. The minimum atomic E-state index is -0.798. The van der Waals surface area contributed by atoms with E-state index in [1.165, 1.54) is 70.6 Å². The lowest BCUT2D eigenvalue weighted by Crippen LogP contribution is -2.41. The van der Waals surface area contributed by atoms with Crippen LogP contribution < -0.4 is 0 Å². The van der Waals surface area contributed by atoms with E-state index in [0.29, 0.717) is 25.7 Å². The van der Waals surface area contributed by atoms with Gasteiger partial charge in [0.25, 0.3) is 0 Å². The largest absolute Gasteiger partial charge is 0.455 e. The van der Waals surface area contributed by atoms with Gasteiger partial charge in [0.1, 0.15) is 18.3 Å². The highest BCUT2D eigenvalue weighted by atomic mass is 16.6. The number of ether oxygens (including phenoxy) is 3. The quantitative estimate of drug-likeness (QED) is 0.0634. The summed E-state index contributed by atoms with van der Waals surface area (Å²) in [4.78, 5) is 11.6. The molecule has 0 bridgehead atoms. The first-order valence-electron chi connectivity index (χ1n) is 18.7. The van der Waals surface area contributed by atoms with E-state index in [9.17, 15) is 25.2 Å². The van der Waals surface area contributed by atoms with E-state index in [2.05, 4.69) is 6.92 Å². The number of unbranched alkanes of at least 4 members (excludes halogenated alkanes) is 16. The smallest absolute Gasteiger partial charge is 0.334 e. The zero-order valence-electron chi connectivity index (χ0n) is 28.5. The molecule has 0 aromatic rings. The van der Waals surface area contributed by atoms with Gasteiger partial charge in [0.05, 0.1) is 36.6 Å². The third-order valence-corrected chi connectivity index (χ3v) is 10.1. The number of carbonyl (C=O) groups excluding carboxylic acids is 1. The van der Waals surface area contributed by atoms with Crippen LogP contribution in [-0.4, -0.2) is 81.3 Å². The number of aliphatic hydroxyl groups is 4. The number of aliphatic hydroxyl groups excluding tert-OH is 4. The molecule has 3 aliphatic rings. The summed E-state index contributed by atoms with van der Waals surface area (Å²) in [6, 6.07) is 0. The van der Waals surface area contributed by atoms with Crippen LogP contribution in [0.3, 0.4) is 0 Å². The molecule has 8 nitrogen and oxygen atoms in total. The maximum absolute atomic E-state index is 11.6. The average Bonchev–Trinajstić information content (AvgIpc) is 3.69. The molecule has 3 aliphatic heterocycles. The molecule has 0 spiro atoms. The molecule has 45 heavy (non-hydrogen) atoms. The van der Waals surface area contributed by atoms with Crippen molar-refractivity contribution in [1.29, 1.82) is 0 Å². The fraction of sp³-hybridized carbons (Fsp3) is 0.919. The first kappa shape index (κ1) is 38.4. The van der Waals surface area contributed by atoms with Crippen molar-refractivity contribution in [3.63, 3.8) is 0 Å². The van der Waals surface area contributed by atoms with E-state index in [-0.39, 0.29) is 12.1 Å². The SMILES string of the molecule is CCCCCCCCCC[C@H](O)[C@H]1C[C@@H](O)[C@H]([C@@H]2O[C@@H]([C@H](O)CCCCCCCCCCCCC3=C[C@H](C)OC3=O)C[C@H]2O)O1. The fourth-order valence-electron chi connectivity index (χ4n) is 7.29. The van der Waals surface area contributed by atoms with Gasteiger partial charge in [-0.3, -0.25) is 0 Å². The van der Waals surface area contributed by atoms with Crippen LogP contribution in [0.15, 0.2) is 11.6 Å². The number of hydrogen-bond acceptors (Lipinski definition) is 8. The van der Waals surface area contributed by atoms with E-state index in [1.807, 2.05) is 13.0 Å². The summed E-state index contributed by atoms with van der Waals surface area (Å²) < 4.78 is 17.3. The van der Waals surface area contributed by atoms with Gasteiger partial charge in [-0.25, -0.2) is 4.79 Å². The second kappa shape index (κ2) is 21.8. The standard InChI is InChI=1S/C37H66O8/c1-3-4-5-6-7-13-16-19-22-29(38)33-25-31(40)35(44-33)36-32(41)26-34(45-36)30(39)23-20-17-14-11-9-8-10-12-15-18-21-28-24-27(2)43-37(28)42/h24,27,29-36,38-41H,3-23,25-26H2,1-2H3/t27-,29-,30+,31+,32+,33+,34+,35+,36+/m0/s1. The molecule has 4 N–H and O–H groups in total.